The first-order valence-electron chi connectivity index (χ1n) is 8.98. The number of nitrogens with zero attached hydrogens (tertiary/aromatic N) is 5. The summed E-state index contributed by atoms with van der Waals surface area (Å²) in [6.07, 6.45) is 5.01. The average molecular weight is 385 g/mol. The number of hydrogen-bond acceptors (Lipinski definition) is 9. The van der Waals surface area contributed by atoms with Gasteiger partial charge in [0.25, 0.3) is 0 Å². The first-order chi connectivity index (χ1) is 14.2. The van der Waals surface area contributed by atoms with E-state index in [1.807, 2.05) is 43.4 Å². The number of hydrogen-bond donors (Lipinski definition) is 4. The molecule has 144 valence electrons. The zero-order chi connectivity index (χ0) is 20.1. The van der Waals surface area contributed by atoms with Crippen molar-refractivity contribution in [3.63, 3.8) is 0 Å². The fraction of sp³-hybridized carbons (Fsp3) is 0.100. The lowest BCUT2D eigenvalue weighted by Crippen LogP contribution is -2.05. The van der Waals surface area contributed by atoms with E-state index >= 15 is 0 Å². The Kier molecular flexibility index (Phi) is 5.19. The van der Waals surface area contributed by atoms with Gasteiger partial charge in [-0.3, -0.25) is 4.98 Å². The number of pyridine rings is 2. The van der Waals surface area contributed by atoms with Gasteiger partial charge in [-0.25, -0.2) is 20.5 Å². The van der Waals surface area contributed by atoms with Crippen LogP contribution in [-0.4, -0.2) is 27.0 Å². The van der Waals surface area contributed by atoms with Gasteiger partial charge in [0.2, 0.25) is 5.82 Å². The van der Waals surface area contributed by atoms with Crippen molar-refractivity contribution >= 4 is 39.9 Å². The lowest BCUT2D eigenvalue weighted by Gasteiger charge is -2.11. The van der Waals surface area contributed by atoms with Gasteiger partial charge in [-0.1, -0.05) is 12.1 Å². The summed E-state index contributed by atoms with van der Waals surface area (Å²) in [5.41, 5.74) is 10.1. The van der Waals surface area contributed by atoms with Crippen LogP contribution >= 0.6 is 0 Å². The Hall–Kier alpha value is -4.14. The SMILES string of the molecule is CNc1ccc(Nc2cnc(N=N)c(NCc3ccc4ncccc4c3)n2)cn1. The summed E-state index contributed by atoms with van der Waals surface area (Å²) in [7, 11) is 1.81. The van der Waals surface area contributed by atoms with Crippen molar-refractivity contribution < 1.29 is 0 Å². The van der Waals surface area contributed by atoms with E-state index in [9.17, 15) is 0 Å². The molecule has 0 aliphatic rings. The topological polar surface area (TPSA) is 124 Å². The Bertz CT molecular complexity index is 1140. The standard InChI is InChI=1S/C20H19N9/c1-22-17-7-5-15(11-24-17)27-18-12-26-20(29-21)19(28-18)25-10-13-4-6-16-14(9-13)3-2-8-23-16/h2-9,11-12,21H,10H2,1H3,(H,22,24)(H2,25,27,28). The van der Waals surface area contributed by atoms with Crippen LogP contribution in [0.5, 0.6) is 0 Å². The quantitative estimate of drug-likeness (QED) is 0.346. The van der Waals surface area contributed by atoms with Gasteiger partial charge in [0.1, 0.15) is 5.82 Å². The van der Waals surface area contributed by atoms with E-state index in [1.54, 1.807) is 12.4 Å². The monoisotopic (exact) mass is 385 g/mol. The molecule has 0 fully saturated rings. The van der Waals surface area contributed by atoms with Crippen molar-refractivity contribution in [3.8, 4) is 0 Å². The van der Waals surface area contributed by atoms with Gasteiger partial charge >= 0.3 is 0 Å². The third-order valence-corrected chi connectivity index (χ3v) is 4.28. The van der Waals surface area contributed by atoms with Crippen LogP contribution in [0.15, 0.2) is 66.2 Å². The van der Waals surface area contributed by atoms with Crippen LogP contribution in [0.4, 0.5) is 29.0 Å². The maximum absolute atomic E-state index is 7.35. The minimum atomic E-state index is 0.224. The molecule has 9 heteroatoms. The summed E-state index contributed by atoms with van der Waals surface area (Å²) in [5.74, 6) is 1.96. The summed E-state index contributed by atoms with van der Waals surface area (Å²) in [6.45, 7) is 0.518. The van der Waals surface area contributed by atoms with Gasteiger partial charge in [0, 0.05) is 25.2 Å². The predicted octanol–water partition coefficient (Wildman–Crippen LogP) is 4.48. The van der Waals surface area contributed by atoms with E-state index in [0.29, 0.717) is 18.2 Å². The number of benzene rings is 1. The molecule has 3 aromatic heterocycles. The van der Waals surface area contributed by atoms with Crippen LogP contribution < -0.4 is 16.0 Å². The molecule has 4 N–H and O–H groups in total. The first kappa shape index (κ1) is 18.2. The Labute approximate surface area is 167 Å². The molecule has 0 unspecified atom stereocenters. The minimum absolute atomic E-state index is 0.224. The molecule has 0 bridgehead atoms. The van der Waals surface area contributed by atoms with Gasteiger partial charge in [0.05, 0.1) is 23.6 Å². The second-order valence-electron chi connectivity index (χ2n) is 6.23. The number of rotatable bonds is 7. The predicted molar refractivity (Wildman–Crippen MR) is 113 cm³/mol. The van der Waals surface area contributed by atoms with E-state index in [2.05, 4.69) is 47.1 Å². The van der Waals surface area contributed by atoms with E-state index in [-0.39, 0.29) is 5.82 Å². The van der Waals surface area contributed by atoms with Crippen LogP contribution in [0.1, 0.15) is 5.56 Å². The van der Waals surface area contributed by atoms with Crippen molar-refractivity contribution in [1.29, 1.82) is 5.53 Å². The molecule has 0 radical (unpaired) electrons. The Morgan fingerprint density at radius 1 is 1.00 bits per heavy atom. The molecule has 0 aliphatic heterocycles. The van der Waals surface area contributed by atoms with E-state index in [0.717, 1.165) is 28.0 Å². The van der Waals surface area contributed by atoms with Crippen LogP contribution in [0.2, 0.25) is 0 Å². The van der Waals surface area contributed by atoms with Gasteiger partial charge in [-0.05, 0) is 35.9 Å². The van der Waals surface area contributed by atoms with Crippen molar-refractivity contribution in [2.24, 2.45) is 5.11 Å². The largest absolute Gasteiger partial charge is 0.373 e. The smallest absolute Gasteiger partial charge is 0.216 e. The molecule has 0 atom stereocenters. The number of aromatic nitrogens is 4. The van der Waals surface area contributed by atoms with Crippen molar-refractivity contribution in [2.45, 2.75) is 6.54 Å². The molecule has 9 nitrogen and oxygen atoms in total. The lowest BCUT2D eigenvalue weighted by atomic mass is 10.1. The molecule has 3 heterocycles. The van der Waals surface area contributed by atoms with Gasteiger partial charge in [-0.2, -0.15) is 0 Å². The molecule has 4 aromatic rings. The molecular weight excluding hydrogens is 366 g/mol. The third kappa shape index (κ3) is 4.24. The van der Waals surface area contributed by atoms with Crippen molar-refractivity contribution in [2.75, 3.05) is 23.0 Å². The molecule has 0 amide bonds. The van der Waals surface area contributed by atoms with Crippen LogP contribution in [0, 0.1) is 5.53 Å². The number of nitrogens with one attached hydrogen (secondary N) is 4. The molecule has 0 aliphatic carbocycles. The molecular formula is C20H19N9. The maximum Gasteiger partial charge on any atom is 0.216 e. The van der Waals surface area contributed by atoms with Crippen molar-refractivity contribution in [1.82, 2.24) is 19.9 Å². The summed E-state index contributed by atoms with van der Waals surface area (Å²) >= 11 is 0. The summed E-state index contributed by atoms with van der Waals surface area (Å²) < 4.78 is 0. The maximum atomic E-state index is 7.35. The molecule has 29 heavy (non-hydrogen) atoms. The molecule has 4 rings (SSSR count). The fourth-order valence-electron chi connectivity index (χ4n) is 2.83. The van der Waals surface area contributed by atoms with E-state index < -0.39 is 0 Å². The number of fused-ring (bicyclic) bond motifs is 1. The minimum Gasteiger partial charge on any atom is -0.373 e. The second kappa shape index (κ2) is 8.26. The zero-order valence-corrected chi connectivity index (χ0v) is 15.7. The molecule has 0 saturated heterocycles. The highest BCUT2D eigenvalue weighted by Crippen LogP contribution is 2.24. The highest BCUT2D eigenvalue weighted by Gasteiger charge is 2.08. The lowest BCUT2D eigenvalue weighted by molar-refractivity contribution is 1.03. The highest BCUT2D eigenvalue weighted by atomic mass is 15.2. The van der Waals surface area contributed by atoms with E-state index in [1.165, 1.54) is 6.20 Å². The normalized spacial score (nSPS) is 10.5. The van der Waals surface area contributed by atoms with E-state index in [4.69, 9.17) is 5.53 Å². The van der Waals surface area contributed by atoms with Crippen LogP contribution in [0.3, 0.4) is 0 Å². The second-order valence-corrected chi connectivity index (χ2v) is 6.23. The number of anilines is 4. The van der Waals surface area contributed by atoms with Gasteiger partial charge in [0.15, 0.2) is 11.6 Å². The first-order valence-corrected chi connectivity index (χ1v) is 8.98. The Morgan fingerprint density at radius 3 is 2.72 bits per heavy atom. The molecule has 0 saturated carbocycles. The van der Waals surface area contributed by atoms with Gasteiger partial charge < -0.3 is 16.0 Å². The van der Waals surface area contributed by atoms with Gasteiger partial charge in [-0.15, -0.1) is 5.11 Å². The van der Waals surface area contributed by atoms with Crippen LogP contribution in [0.25, 0.3) is 10.9 Å². The average Bonchev–Trinajstić information content (AvgIpc) is 2.78. The molecule has 0 spiro atoms. The fourth-order valence-corrected chi connectivity index (χ4v) is 2.83. The summed E-state index contributed by atoms with van der Waals surface area (Å²) in [5, 5.41) is 13.9. The summed E-state index contributed by atoms with van der Waals surface area (Å²) in [4.78, 5) is 17.3. The highest BCUT2D eigenvalue weighted by molar-refractivity contribution is 5.79. The van der Waals surface area contributed by atoms with Crippen molar-refractivity contribution in [3.05, 3.63) is 66.6 Å². The molecule has 1 aromatic carbocycles. The third-order valence-electron chi connectivity index (χ3n) is 4.28. The van der Waals surface area contributed by atoms with Crippen LogP contribution in [-0.2, 0) is 6.54 Å². The zero-order valence-electron chi connectivity index (χ0n) is 15.7. The Balaban J connectivity index is 1.51. The summed E-state index contributed by atoms with van der Waals surface area (Å²) in [6, 6.07) is 13.7. The Morgan fingerprint density at radius 2 is 1.93 bits per heavy atom.